The van der Waals surface area contributed by atoms with Crippen molar-refractivity contribution in [3.05, 3.63) is 34.9 Å². The topological polar surface area (TPSA) is 46.6 Å². The maximum atomic E-state index is 13.0. The third-order valence-corrected chi connectivity index (χ3v) is 4.74. The zero-order chi connectivity index (χ0) is 15.2. The second kappa shape index (κ2) is 4.95. The number of carbonyl (C=O) groups is 2. The monoisotopic (exact) mass is 287 g/mol. The number of carbonyl (C=O) groups excluding carboxylic acids is 2. The summed E-state index contributed by atoms with van der Waals surface area (Å²) in [5.74, 6) is -0.530. The lowest BCUT2D eigenvalue weighted by molar-refractivity contribution is -0.165. The van der Waals surface area contributed by atoms with Crippen LogP contribution in [0.4, 0.5) is 0 Å². The number of nitrogens with zero attached hydrogens (tertiary/aromatic N) is 1. The molecule has 2 unspecified atom stereocenters. The Hall–Kier alpha value is -1.68. The summed E-state index contributed by atoms with van der Waals surface area (Å²) in [7, 11) is 1.97. The van der Waals surface area contributed by atoms with E-state index in [1.54, 1.807) is 6.92 Å². The summed E-state index contributed by atoms with van der Waals surface area (Å²) in [5.41, 5.74) is 2.36. The molecule has 0 spiro atoms. The molecule has 112 valence electrons. The average molecular weight is 287 g/mol. The summed E-state index contributed by atoms with van der Waals surface area (Å²) >= 11 is 0. The van der Waals surface area contributed by atoms with Crippen LogP contribution in [0, 0.1) is 12.3 Å². The second-order valence-electron chi connectivity index (χ2n) is 6.24. The number of fused-ring (bicyclic) bond motifs is 4. The number of hydrogen-bond acceptors (Lipinski definition) is 4. The summed E-state index contributed by atoms with van der Waals surface area (Å²) in [4.78, 5) is 27.6. The van der Waals surface area contributed by atoms with E-state index in [4.69, 9.17) is 4.74 Å². The number of aryl methyl sites for hydroxylation is 1. The predicted octanol–water partition coefficient (Wildman–Crippen LogP) is 1.70. The molecule has 0 N–H and O–H groups in total. The summed E-state index contributed by atoms with van der Waals surface area (Å²) in [6.45, 7) is 5.26. The van der Waals surface area contributed by atoms with Crippen LogP contribution >= 0.6 is 0 Å². The van der Waals surface area contributed by atoms with Crippen LogP contribution in [0.1, 0.15) is 29.5 Å². The van der Waals surface area contributed by atoms with Crippen LogP contribution in [0.2, 0.25) is 0 Å². The zero-order valence-corrected chi connectivity index (χ0v) is 12.8. The normalized spacial score (nSPS) is 28.1. The number of ether oxygens (including phenoxy) is 1. The summed E-state index contributed by atoms with van der Waals surface area (Å²) in [6, 6.07) is 6.08. The van der Waals surface area contributed by atoms with E-state index in [0.717, 1.165) is 16.7 Å². The first-order valence-corrected chi connectivity index (χ1v) is 7.48. The van der Waals surface area contributed by atoms with Gasteiger partial charge in [-0.25, -0.2) is 0 Å². The molecule has 0 aromatic heterocycles. The van der Waals surface area contributed by atoms with E-state index in [0.29, 0.717) is 26.1 Å². The van der Waals surface area contributed by atoms with Crippen LogP contribution in [0.5, 0.6) is 0 Å². The number of rotatable bonds is 2. The third kappa shape index (κ3) is 2.01. The lowest BCUT2D eigenvalue weighted by atomic mass is 9.62. The van der Waals surface area contributed by atoms with Gasteiger partial charge >= 0.3 is 5.97 Å². The van der Waals surface area contributed by atoms with E-state index in [9.17, 15) is 9.59 Å². The average Bonchev–Trinajstić information content (AvgIpc) is 2.41. The molecule has 1 aromatic carbocycles. The Morgan fingerprint density at radius 1 is 1.48 bits per heavy atom. The molecule has 4 heteroatoms. The molecule has 0 saturated carbocycles. The highest BCUT2D eigenvalue weighted by molar-refractivity contribution is 6.09. The number of ketones is 1. The molecular formula is C17H21NO3. The predicted molar refractivity (Wildman–Crippen MR) is 79.2 cm³/mol. The molecule has 1 aliphatic carbocycles. The van der Waals surface area contributed by atoms with Crippen LogP contribution in [-0.2, 0) is 20.7 Å². The smallest absolute Gasteiger partial charge is 0.321 e. The van der Waals surface area contributed by atoms with Gasteiger partial charge in [0.15, 0.2) is 5.78 Å². The molecule has 0 amide bonds. The fourth-order valence-corrected chi connectivity index (χ4v) is 3.92. The highest BCUT2D eigenvalue weighted by Crippen LogP contribution is 2.45. The van der Waals surface area contributed by atoms with Gasteiger partial charge in [0.25, 0.3) is 0 Å². The number of Topliss-reactive ketones (excluding diaryl/α,β-unsaturated/α-hetero) is 1. The molecule has 2 aliphatic rings. The van der Waals surface area contributed by atoms with Crippen molar-refractivity contribution in [3.63, 3.8) is 0 Å². The van der Waals surface area contributed by atoms with E-state index in [-0.39, 0.29) is 17.7 Å². The first-order valence-electron chi connectivity index (χ1n) is 7.48. The molecule has 1 saturated heterocycles. The number of likely N-dealkylation sites (N-methyl/N-ethyl adjacent to an activating group) is 1. The Kier molecular flexibility index (Phi) is 3.36. The minimum Gasteiger partial charge on any atom is -0.465 e. The first-order chi connectivity index (χ1) is 9.99. The molecule has 0 radical (unpaired) electrons. The molecular weight excluding hydrogens is 266 g/mol. The van der Waals surface area contributed by atoms with Gasteiger partial charge in [-0.1, -0.05) is 18.2 Å². The molecule has 1 aromatic rings. The molecule has 3 rings (SSSR count). The van der Waals surface area contributed by atoms with Crippen molar-refractivity contribution in [3.8, 4) is 0 Å². The van der Waals surface area contributed by atoms with Gasteiger partial charge in [-0.15, -0.1) is 0 Å². The van der Waals surface area contributed by atoms with Crippen molar-refractivity contribution >= 4 is 11.8 Å². The fourth-order valence-electron chi connectivity index (χ4n) is 3.92. The van der Waals surface area contributed by atoms with Crippen molar-refractivity contribution in [2.75, 3.05) is 26.7 Å². The van der Waals surface area contributed by atoms with Crippen LogP contribution in [0.15, 0.2) is 18.2 Å². The lowest BCUT2D eigenvalue weighted by Gasteiger charge is -2.46. The number of hydrogen-bond donors (Lipinski definition) is 0. The number of piperidine rings is 1. The number of benzene rings is 1. The van der Waals surface area contributed by atoms with Gasteiger partial charge in [-0.2, -0.15) is 0 Å². The lowest BCUT2D eigenvalue weighted by Crippen LogP contribution is -2.60. The van der Waals surface area contributed by atoms with Crippen molar-refractivity contribution in [1.29, 1.82) is 0 Å². The molecule has 4 nitrogen and oxygen atoms in total. The molecule has 2 bridgehead atoms. The van der Waals surface area contributed by atoms with E-state index in [2.05, 4.69) is 4.90 Å². The molecule has 1 aliphatic heterocycles. The molecule has 21 heavy (non-hydrogen) atoms. The molecule has 1 fully saturated rings. The SMILES string of the molecule is CCOC(=O)C12Cc3cccc(C)c3C(CN(C)C1)C2=O. The van der Waals surface area contributed by atoms with Gasteiger partial charge in [-0.05, 0) is 44.0 Å². The third-order valence-electron chi connectivity index (χ3n) is 4.74. The van der Waals surface area contributed by atoms with Gasteiger partial charge < -0.3 is 9.64 Å². The Labute approximate surface area is 125 Å². The summed E-state index contributed by atoms with van der Waals surface area (Å²) < 4.78 is 5.24. The number of esters is 1. The van der Waals surface area contributed by atoms with Crippen molar-refractivity contribution in [1.82, 2.24) is 4.90 Å². The molecule has 1 heterocycles. The van der Waals surface area contributed by atoms with Crippen molar-refractivity contribution < 1.29 is 14.3 Å². The minimum absolute atomic E-state index is 0.0425. The standard InChI is InChI=1S/C17H21NO3/c1-4-21-16(20)17-8-12-7-5-6-11(2)14(12)13(15(17)19)9-18(3)10-17/h5-7,13H,4,8-10H2,1-3H3. The Balaban J connectivity index is 2.14. The first kappa shape index (κ1) is 14.3. The fraction of sp³-hybridized carbons (Fsp3) is 0.529. The highest BCUT2D eigenvalue weighted by atomic mass is 16.5. The summed E-state index contributed by atoms with van der Waals surface area (Å²) in [5, 5.41) is 0. The van der Waals surface area contributed by atoms with Crippen molar-refractivity contribution in [2.45, 2.75) is 26.2 Å². The van der Waals surface area contributed by atoms with Crippen LogP contribution < -0.4 is 0 Å². The summed E-state index contributed by atoms with van der Waals surface area (Å²) in [6.07, 6.45) is 0.461. The molecule has 2 atom stereocenters. The minimum atomic E-state index is -1.02. The van der Waals surface area contributed by atoms with E-state index < -0.39 is 5.41 Å². The number of likely N-dealkylation sites (tertiary alicyclic amines) is 1. The van der Waals surface area contributed by atoms with Gasteiger partial charge in [0.05, 0.1) is 12.5 Å². The van der Waals surface area contributed by atoms with Crippen LogP contribution in [0.3, 0.4) is 0 Å². The second-order valence-corrected chi connectivity index (χ2v) is 6.24. The Bertz CT molecular complexity index is 610. The van der Waals surface area contributed by atoms with Gasteiger partial charge in [0.2, 0.25) is 0 Å². The Morgan fingerprint density at radius 2 is 2.24 bits per heavy atom. The van der Waals surface area contributed by atoms with E-state index in [1.165, 1.54) is 0 Å². The van der Waals surface area contributed by atoms with Crippen LogP contribution in [-0.4, -0.2) is 43.4 Å². The van der Waals surface area contributed by atoms with Crippen LogP contribution in [0.25, 0.3) is 0 Å². The van der Waals surface area contributed by atoms with E-state index >= 15 is 0 Å². The largest absolute Gasteiger partial charge is 0.465 e. The maximum Gasteiger partial charge on any atom is 0.321 e. The zero-order valence-electron chi connectivity index (χ0n) is 12.8. The quantitative estimate of drug-likeness (QED) is 0.613. The van der Waals surface area contributed by atoms with Gasteiger partial charge in [0, 0.05) is 13.1 Å². The highest BCUT2D eigenvalue weighted by Gasteiger charge is 2.57. The van der Waals surface area contributed by atoms with Gasteiger partial charge in [0.1, 0.15) is 5.41 Å². The maximum absolute atomic E-state index is 13.0. The van der Waals surface area contributed by atoms with Crippen molar-refractivity contribution in [2.24, 2.45) is 5.41 Å². The van der Waals surface area contributed by atoms with Gasteiger partial charge in [-0.3, -0.25) is 9.59 Å². The van der Waals surface area contributed by atoms with E-state index in [1.807, 2.05) is 32.2 Å². The Morgan fingerprint density at radius 3 is 2.95 bits per heavy atom.